The largest absolute Gasteiger partial charge is 0.346 e. The molecule has 3 aromatic carbocycles. The number of hydrogen-bond donors (Lipinski definition) is 1. The lowest BCUT2D eigenvalue weighted by molar-refractivity contribution is -0.141. The van der Waals surface area contributed by atoms with E-state index < -0.39 is 35.4 Å². The summed E-state index contributed by atoms with van der Waals surface area (Å²) in [6.45, 7) is 5.21. The topological polar surface area (TPSA) is 110 Å². The summed E-state index contributed by atoms with van der Waals surface area (Å²) in [5, 5.41) is 2.80. The van der Waals surface area contributed by atoms with Crippen molar-refractivity contribution in [2.24, 2.45) is 17.8 Å². The molecule has 228 valence electrons. The van der Waals surface area contributed by atoms with Crippen LogP contribution in [0.15, 0.2) is 84.4 Å². The molecule has 0 saturated heterocycles. The van der Waals surface area contributed by atoms with Crippen LogP contribution in [0.2, 0.25) is 0 Å². The lowest BCUT2D eigenvalue weighted by Gasteiger charge is -2.23. The number of carbonyl (C=O) groups is 5. The summed E-state index contributed by atoms with van der Waals surface area (Å²) in [6.07, 6.45) is 0.681. The van der Waals surface area contributed by atoms with Gasteiger partial charge in [-0.1, -0.05) is 74.5 Å². The maximum atomic E-state index is 13.5. The third-order valence-corrected chi connectivity index (χ3v) is 8.74. The van der Waals surface area contributed by atoms with Gasteiger partial charge in [-0.15, -0.1) is 11.3 Å². The quantitative estimate of drug-likeness (QED) is 0.119. The maximum absolute atomic E-state index is 13.5. The zero-order valence-electron chi connectivity index (χ0n) is 25.3. The number of aromatic nitrogens is 1. The van der Waals surface area contributed by atoms with Crippen LogP contribution >= 0.6 is 11.3 Å². The van der Waals surface area contributed by atoms with Gasteiger partial charge < -0.3 is 5.32 Å². The molecule has 0 spiro atoms. The van der Waals surface area contributed by atoms with Crippen LogP contribution in [0, 0.1) is 17.8 Å². The van der Waals surface area contributed by atoms with Gasteiger partial charge in [-0.2, -0.15) is 0 Å². The molecule has 1 amide bonds. The van der Waals surface area contributed by atoms with Crippen LogP contribution in [0.25, 0.3) is 10.2 Å². The highest BCUT2D eigenvalue weighted by Gasteiger charge is 2.32. The van der Waals surface area contributed by atoms with E-state index in [2.05, 4.69) is 10.3 Å². The zero-order chi connectivity index (χ0) is 31.6. The van der Waals surface area contributed by atoms with Gasteiger partial charge in [0, 0.05) is 36.7 Å². The fourth-order valence-corrected chi connectivity index (χ4v) is 5.91. The second kappa shape index (κ2) is 15.4. The van der Waals surface area contributed by atoms with Crippen molar-refractivity contribution < 1.29 is 24.0 Å². The normalized spacial score (nSPS) is 13.3. The van der Waals surface area contributed by atoms with Gasteiger partial charge >= 0.3 is 0 Å². The van der Waals surface area contributed by atoms with Gasteiger partial charge in [-0.25, -0.2) is 4.98 Å². The van der Waals surface area contributed by atoms with Gasteiger partial charge in [0.1, 0.15) is 0 Å². The van der Waals surface area contributed by atoms with E-state index >= 15 is 0 Å². The molecule has 44 heavy (non-hydrogen) atoms. The Morgan fingerprint density at radius 1 is 0.818 bits per heavy atom. The van der Waals surface area contributed by atoms with Crippen molar-refractivity contribution in [3.63, 3.8) is 0 Å². The Morgan fingerprint density at radius 2 is 1.48 bits per heavy atom. The summed E-state index contributed by atoms with van der Waals surface area (Å²) < 4.78 is 0.895. The Labute approximate surface area is 262 Å². The SMILES string of the molecule is CC(C)[C@H](CC(=O)[C@H](C)NC(=O)[C@@H](CC(=O)c1ccc2ncsc2c1)Cc1ccccc1)C(=O)C(=O)CCc1ccccc1. The number of Topliss-reactive ketones (excluding diaryl/α,β-unsaturated/α-hetero) is 4. The second-order valence-electron chi connectivity index (χ2n) is 11.6. The smallest absolute Gasteiger partial charge is 0.224 e. The Hall–Kier alpha value is -4.30. The molecular weight excluding hydrogens is 572 g/mol. The van der Waals surface area contributed by atoms with E-state index in [-0.39, 0.29) is 36.7 Å². The van der Waals surface area contributed by atoms with Crippen LogP contribution in [0.5, 0.6) is 0 Å². The number of nitrogens with zero attached hydrogens (tertiary/aromatic N) is 1. The number of fused-ring (bicyclic) bond motifs is 1. The number of carbonyl (C=O) groups excluding carboxylic acids is 5. The maximum Gasteiger partial charge on any atom is 0.224 e. The molecule has 0 aliphatic carbocycles. The molecule has 4 rings (SSSR count). The van der Waals surface area contributed by atoms with Crippen molar-refractivity contribution in [2.75, 3.05) is 0 Å². The van der Waals surface area contributed by atoms with Gasteiger partial charge in [0.25, 0.3) is 0 Å². The summed E-state index contributed by atoms with van der Waals surface area (Å²) in [5.74, 6) is -3.66. The molecule has 3 atom stereocenters. The molecule has 1 aromatic heterocycles. The number of benzene rings is 3. The number of hydrogen-bond acceptors (Lipinski definition) is 7. The Balaban J connectivity index is 1.40. The van der Waals surface area contributed by atoms with Crippen LogP contribution in [0.3, 0.4) is 0 Å². The zero-order valence-corrected chi connectivity index (χ0v) is 26.1. The van der Waals surface area contributed by atoms with E-state index in [0.717, 1.165) is 21.3 Å². The van der Waals surface area contributed by atoms with Crippen LogP contribution in [-0.2, 0) is 32.0 Å². The standard InChI is InChI=1S/C36H38N2O5S/c1-23(2)29(35(42)31(39)17-14-25-10-6-4-7-11-25)21-32(40)24(3)38-36(43)28(18-26-12-8-5-9-13-26)19-33(41)27-15-16-30-34(20-27)44-22-37-30/h4-13,15-16,20,22-24,28-29H,14,17-19,21H2,1-3H3,(H,38,43)/t24-,28+,29-/m0/s1. The molecule has 1 heterocycles. The molecule has 0 aliphatic heterocycles. The van der Waals surface area contributed by atoms with Gasteiger partial charge in [0.05, 0.1) is 21.8 Å². The van der Waals surface area contributed by atoms with E-state index in [1.807, 2.05) is 74.5 Å². The second-order valence-corrected chi connectivity index (χ2v) is 12.5. The van der Waals surface area contributed by atoms with E-state index in [1.54, 1.807) is 30.6 Å². The molecule has 4 aromatic rings. The van der Waals surface area contributed by atoms with Crippen molar-refractivity contribution >= 4 is 50.6 Å². The van der Waals surface area contributed by atoms with E-state index in [1.165, 1.54) is 11.3 Å². The third kappa shape index (κ3) is 8.86. The van der Waals surface area contributed by atoms with Gasteiger partial charge in [-0.3, -0.25) is 24.0 Å². The predicted molar refractivity (Wildman–Crippen MR) is 173 cm³/mol. The highest BCUT2D eigenvalue weighted by Crippen LogP contribution is 2.23. The Morgan fingerprint density at radius 3 is 2.14 bits per heavy atom. The molecule has 0 unspecified atom stereocenters. The molecule has 1 N–H and O–H groups in total. The predicted octanol–water partition coefficient (Wildman–Crippen LogP) is 6.24. The molecule has 8 heteroatoms. The lowest BCUT2D eigenvalue weighted by atomic mass is 9.83. The van der Waals surface area contributed by atoms with Gasteiger partial charge in [-0.05, 0) is 55.0 Å². The highest BCUT2D eigenvalue weighted by atomic mass is 32.1. The first kappa shape index (κ1) is 32.6. The van der Waals surface area contributed by atoms with E-state index in [0.29, 0.717) is 18.4 Å². The highest BCUT2D eigenvalue weighted by molar-refractivity contribution is 7.16. The summed E-state index contributed by atoms with van der Waals surface area (Å²) in [7, 11) is 0. The first-order valence-electron chi connectivity index (χ1n) is 15.0. The first-order valence-corrected chi connectivity index (χ1v) is 15.8. The fourth-order valence-electron chi connectivity index (χ4n) is 5.20. The molecule has 0 fully saturated rings. The van der Waals surface area contributed by atoms with Crippen molar-refractivity contribution in [1.29, 1.82) is 0 Å². The Bertz CT molecular complexity index is 1610. The number of amides is 1. The van der Waals surface area contributed by atoms with Crippen molar-refractivity contribution in [3.05, 3.63) is 101 Å². The number of thiazole rings is 1. The summed E-state index contributed by atoms with van der Waals surface area (Å²) >= 11 is 1.45. The van der Waals surface area contributed by atoms with Crippen LogP contribution in [0.4, 0.5) is 0 Å². The number of rotatable bonds is 16. The summed E-state index contributed by atoms with van der Waals surface area (Å²) in [6, 6.07) is 23.3. The van der Waals surface area contributed by atoms with Crippen LogP contribution in [0.1, 0.15) is 61.5 Å². The van der Waals surface area contributed by atoms with Gasteiger partial charge in [0.15, 0.2) is 17.3 Å². The summed E-state index contributed by atoms with van der Waals surface area (Å²) in [4.78, 5) is 70.2. The molecule has 7 nitrogen and oxygen atoms in total. The number of nitrogens with one attached hydrogen (secondary N) is 1. The van der Waals surface area contributed by atoms with Crippen molar-refractivity contribution in [1.82, 2.24) is 10.3 Å². The fraction of sp³-hybridized carbons (Fsp3) is 0.333. The van der Waals surface area contributed by atoms with Crippen molar-refractivity contribution in [3.8, 4) is 0 Å². The molecular formula is C36H38N2O5S. The molecule has 0 saturated carbocycles. The first-order chi connectivity index (χ1) is 21.1. The lowest BCUT2D eigenvalue weighted by Crippen LogP contribution is -2.44. The molecule has 0 aliphatic rings. The van der Waals surface area contributed by atoms with Crippen LogP contribution in [-0.4, -0.2) is 40.1 Å². The third-order valence-electron chi connectivity index (χ3n) is 7.94. The van der Waals surface area contributed by atoms with E-state index in [9.17, 15) is 24.0 Å². The molecule has 0 radical (unpaired) electrons. The molecule has 0 bridgehead atoms. The average molecular weight is 611 g/mol. The minimum absolute atomic E-state index is 0.0328. The minimum atomic E-state index is -0.891. The minimum Gasteiger partial charge on any atom is -0.346 e. The van der Waals surface area contributed by atoms with Crippen molar-refractivity contribution in [2.45, 2.75) is 58.9 Å². The van der Waals surface area contributed by atoms with E-state index in [4.69, 9.17) is 0 Å². The number of ketones is 4. The average Bonchev–Trinajstić information content (AvgIpc) is 3.50. The number of aryl methyl sites for hydroxylation is 1. The van der Waals surface area contributed by atoms with Crippen LogP contribution < -0.4 is 5.32 Å². The Kier molecular flexibility index (Phi) is 11.4. The summed E-state index contributed by atoms with van der Waals surface area (Å²) in [5.41, 5.74) is 4.91. The monoisotopic (exact) mass is 610 g/mol. The van der Waals surface area contributed by atoms with Gasteiger partial charge in [0.2, 0.25) is 11.7 Å².